The van der Waals surface area contributed by atoms with Crippen LogP contribution in [0.2, 0.25) is 0 Å². The first kappa shape index (κ1) is 15.5. The van der Waals surface area contributed by atoms with Crippen molar-refractivity contribution in [1.82, 2.24) is 5.32 Å². The third-order valence-electron chi connectivity index (χ3n) is 3.63. The average Bonchev–Trinajstić information content (AvgIpc) is 2.50. The second kappa shape index (κ2) is 7.78. The van der Waals surface area contributed by atoms with Gasteiger partial charge in [-0.2, -0.15) is 0 Å². The second-order valence-electron chi connectivity index (χ2n) is 5.31. The number of benzene rings is 1. The Morgan fingerprint density at radius 1 is 1.19 bits per heavy atom. The molecule has 114 valence electrons. The number of aryl methyl sites for hydroxylation is 1. The molecule has 5 nitrogen and oxygen atoms in total. The lowest BCUT2D eigenvalue weighted by molar-refractivity contribution is -0.116. The second-order valence-corrected chi connectivity index (χ2v) is 5.31. The molecular formula is C16H22N2O3. The van der Waals surface area contributed by atoms with Crippen LogP contribution in [0.4, 0.5) is 5.69 Å². The maximum atomic E-state index is 12.0. The molecule has 0 saturated carbocycles. The number of fused-ring (bicyclic) bond motifs is 1. The molecule has 3 N–H and O–H groups in total. The topological polar surface area (TPSA) is 78.4 Å². The lowest BCUT2D eigenvalue weighted by atomic mass is 10.00. The molecule has 0 atom stereocenters. The minimum atomic E-state index is -0.0724. The number of aliphatic hydroxyl groups excluding tert-OH is 1. The van der Waals surface area contributed by atoms with Crippen LogP contribution in [0.15, 0.2) is 18.2 Å². The smallest absolute Gasteiger partial charge is 0.251 e. The Labute approximate surface area is 124 Å². The van der Waals surface area contributed by atoms with Crippen LogP contribution in [0.25, 0.3) is 0 Å². The number of carbonyl (C=O) groups is 2. The molecule has 0 spiro atoms. The zero-order chi connectivity index (χ0) is 15.1. The van der Waals surface area contributed by atoms with E-state index in [9.17, 15) is 9.59 Å². The van der Waals surface area contributed by atoms with Gasteiger partial charge in [0, 0.05) is 30.8 Å². The number of nitrogens with one attached hydrogen (secondary N) is 2. The van der Waals surface area contributed by atoms with E-state index in [4.69, 9.17) is 5.11 Å². The quantitative estimate of drug-likeness (QED) is 0.671. The van der Waals surface area contributed by atoms with Crippen molar-refractivity contribution in [2.75, 3.05) is 18.5 Å². The zero-order valence-corrected chi connectivity index (χ0v) is 12.2. The number of anilines is 1. The fourth-order valence-electron chi connectivity index (χ4n) is 2.42. The van der Waals surface area contributed by atoms with Crippen LogP contribution in [-0.2, 0) is 11.2 Å². The first-order chi connectivity index (χ1) is 10.2. The van der Waals surface area contributed by atoms with E-state index in [-0.39, 0.29) is 18.4 Å². The summed E-state index contributed by atoms with van der Waals surface area (Å²) in [7, 11) is 0. The van der Waals surface area contributed by atoms with Crippen molar-refractivity contribution in [2.24, 2.45) is 0 Å². The van der Waals surface area contributed by atoms with E-state index in [1.807, 2.05) is 6.07 Å². The number of unbranched alkanes of at least 4 members (excludes halogenated alkanes) is 3. The van der Waals surface area contributed by atoms with Gasteiger partial charge in [-0.05, 0) is 43.0 Å². The van der Waals surface area contributed by atoms with E-state index in [0.29, 0.717) is 24.9 Å². The van der Waals surface area contributed by atoms with Crippen molar-refractivity contribution in [3.8, 4) is 0 Å². The Balaban J connectivity index is 1.81. The summed E-state index contributed by atoms with van der Waals surface area (Å²) in [6, 6.07) is 5.39. The van der Waals surface area contributed by atoms with Crippen molar-refractivity contribution in [2.45, 2.75) is 38.5 Å². The number of hydrogen-bond donors (Lipinski definition) is 3. The predicted octanol–water partition coefficient (Wildman–Crippen LogP) is 1.85. The van der Waals surface area contributed by atoms with Crippen molar-refractivity contribution < 1.29 is 14.7 Å². The van der Waals surface area contributed by atoms with Gasteiger partial charge < -0.3 is 15.7 Å². The first-order valence-electron chi connectivity index (χ1n) is 7.52. The molecule has 1 heterocycles. The van der Waals surface area contributed by atoms with Gasteiger partial charge in [0.05, 0.1) is 0 Å². The molecule has 0 fully saturated rings. The maximum Gasteiger partial charge on any atom is 0.251 e. The van der Waals surface area contributed by atoms with Crippen LogP contribution in [0.3, 0.4) is 0 Å². The fourth-order valence-corrected chi connectivity index (χ4v) is 2.42. The van der Waals surface area contributed by atoms with E-state index in [1.165, 1.54) is 0 Å². The van der Waals surface area contributed by atoms with Crippen LogP contribution in [-0.4, -0.2) is 30.1 Å². The molecular weight excluding hydrogens is 268 g/mol. The van der Waals surface area contributed by atoms with Crippen LogP contribution in [0.1, 0.15) is 48.0 Å². The molecule has 0 aromatic heterocycles. The molecule has 0 unspecified atom stereocenters. The summed E-state index contributed by atoms with van der Waals surface area (Å²) >= 11 is 0. The summed E-state index contributed by atoms with van der Waals surface area (Å²) in [6.45, 7) is 0.885. The molecule has 0 radical (unpaired) electrons. The molecule has 0 aliphatic carbocycles. The van der Waals surface area contributed by atoms with Gasteiger partial charge in [0.15, 0.2) is 0 Å². The average molecular weight is 290 g/mol. The molecule has 5 heteroatoms. The molecule has 1 aromatic carbocycles. The van der Waals surface area contributed by atoms with E-state index in [0.717, 1.165) is 36.9 Å². The van der Waals surface area contributed by atoms with Crippen molar-refractivity contribution in [3.63, 3.8) is 0 Å². The van der Waals surface area contributed by atoms with E-state index in [2.05, 4.69) is 10.6 Å². The molecule has 2 amide bonds. The highest BCUT2D eigenvalue weighted by atomic mass is 16.3. The number of hydrogen-bond acceptors (Lipinski definition) is 3. The van der Waals surface area contributed by atoms with Gasteiger partial charge in [-0.1, -0.05) is 12.8 Å². The number of carbonyl (C=O) groups excluding carboxylic acids is 2. The molecule has 2 rings (SSSR count). The van der Waals surface area contributed by atoms with Crippen molar-refractivity contribution >= 4 is 17.5 Å². The number of amides is 2. The summed E-state index contributed by atoms with van der Waals surface area (Å²) in [5.41, 5.74) is 2.47. The van der Waals surface area contributed by atoms with Gasteiger partial charge in [-0.15, -0.1) is 0 Å². The van der Waals surface area contributed by atoms with Crippen molar-refractivity contribution in [3.05, 3.63) is 29.3 Å². The van der Waals surface area contributed by atoms with Crippen LogP contribution < -0.4 is 10.6 Å². The van der Waals surface area contributed by atoms with E-state index in [1.54, 1.807) is 12.1 Å². The molecule has 0 saturated heterocycles. The Bertz CT molecular complexity index is 514. The van der Waals surface area contributed by atoms with Gasteiger partial charge in [-0.25, -0.2) is 0 Å². The SMILES string of the molecule is O=C1CCc2cc(C(=O)NCCCCCCO)ccc2N1. The van der Waals surface area contributed by atoms with Crippen molar-refractivity contribution in [1.29, 1.82) is 0 Å². The van der Waals surface area contributed by atoms with Crippen LogP contribution in [0.5, 0.6) is 0 Å². The Morgan fingerprint density at radius 3 is 2.81 bits per heavy atom. The Morgan fingerprint density at radius 2 is 2.00 bits per heavy atom. The van der Waals surface area contributed by atoms with E-state index < -0.39 is 0 Å². The number of aliphatic hydroxyl groups is 1. The third kappa shape index (κ3) is 4.56. The Hall–Kier alpha value is -1.88. The highest BCUT2D eigenvalue weighted by molar-refractivity contribution is 5.97. The lowest BCUT2D eigenvalue weighted by Gasteiger charge is -2.17. The minimum absolute atomic E-state index is 0.0302. The summed E-state index contributed by atoms with van der Waals surface area (Å²) in [4.78, 5) is 23.3. The molecule has 1 aliphatic heterocycles. The summed E-state index contributed by atoms with van der Waals surface area (Å²) in [6.07, 6.45) is 4.91. The molecule has 1 aliphatic rings. The fraction of sp³-hybridized carbons (Fsp3) is 0.500. The maximum absolute atomic E-state index is 12.0. The summed E-state index contributed by atoms with van der Waals surface area (Å²) < 4.78 is 0. The van der Waals surface area contributed by atoms with Gasteiger partial charge in [0.2, 0.25) is 5.91 Å². The van der Waals surface area contributed by atoms with Crippen LogP contribution in [0, 0.1) is 0 Å². The lowest BCUT2D eigenvalue weighted by Crippen LogP contribution is -2.25. The largest absolute Gasteiger partial charge is 0.396 e. The monoisotopic (exact) mass is 290 g/mol. The van der Waals surface area contributed by atoms with E-state index >= 15 is 0 Å². The molecule has 0 bridgehead atoms. The highest BCUT2D eigenvalue weighted by Gasteiger charge is 2.16. The molecule has 1 aromatic rings. The van der Waals surface area contributed by atoms with Crippen LogP contribution >= 0.6 is 0 Å². The van der Waals surface area contributed by atoms with Gasteiger partial charge in [-0.3, -0.25) is 9.59 Å². The van der Waals surface area contributed by atoms with Gasteiger partial charge in [0.25, 0.3) is 5.91 Å². The summed E-state index contributed by atoms with van der Waals surface area (Å²) in [5.74, 6) is -0.0422. The highest BCUT2D eigenvalue weighted by Crippen LogP contribution is 2.23. The summed E-state index contributed by atoms with van der Waals surface area (Å²) in [5, 5.41) is 14.4. The first-order valence-corrected chi connectivity index (χ1v) is 7.52. The predicted molar refractivity (Wildman–Crippen MR) is 81.3 cm³/mol. The molecule has 21 heavy (non-hydrogen) atoms. The zero-order valence-electron chi connectivity index (χ0n) is 12.2. The van der Waals surface area contributed by atoms with Gasteiger partial charge in [0.1, 0.15) is 0 Å². The minimum Gasteiger partial charge on any atom is -0.396 e. The Kier molecular flexibility index (Phi) is 5.75. The number of rotatable bonds is 7. The third-order valence-corrected chi connectivity index (χ3v) is 3.63. The van der Waals surface area contributed by atoms with Gasteiger partial charge >= 0.3 is 0 Å². The normalized spacial score (nSPS) is 13.5. The standard InChI is InChI=1S/C16H22N2O3/c19-10-4-2-1-3-9-17-16(21)13-5-7-14-12(11-13)6-8-15(20)18-14/h5,7,11,19H,1-4,6,8-10H2,(H,17,21)(H,18,20).